The lowest BCUT2D eigenvalue weighted by Crippen LogP contribution is -2.40. The first-order valence-corrected chi connectivity index (χ1v) is 7.15. The fraction of sp³-hybridized carbons (Fsp3) is 0.250. The first-order chi connectivity index (χ1) is 11.1. The fourth-order valence-electron chi connectivity index (χ4n) is 1.79. The summed E-state index contributed by atoms with van der Waals surface area (Å²) in [7, 11) is 0. The molecule has 7 nitrogen and oxygen atoms in total. The lowest BCUT2D eigenvalue weighted by molar-refractivity contribution is -0.123. The lowest BCUT2D eigenvalue weighted by Gasteiger charge is -2.12. The van der Waals surface area contributed by atoms with Crippen LogP contribution in [0, 0.1) is 0 Å². The highest BCUT2D eigenvalue weighted by Gasteiger charge is 2.10. The van der Waals surface area contributed by atoms with Crippen molar-refractivity contribution in [3.8, 4) is 5.75 Å². The van der Waals surface area contributed by atoms with Crippen molar-refractivity contribution < 1.29 is 18.7 Å². The normalized spacial score (nSPS) is 11.1. The van der Waals surface area contributed by atoms with Crippen molar-refractivity contribution in [1.29, 1.82) is 0 Å². The van der Waals surface area contributed by atoms with Gasteiger partial charge < -0.3 is 25.5 Å². The number of halogens is 1. The van der Waals surface area contributed by atoms with Gasteiger partial charge in [-0.3, -0.25) is 9.59 Å². The van der Waals surface area contributed by atoms with Gasteiger partial charge in [0.25, 0.3) is 11.8 Å². The van der Waals surface area contributed by atoms with Crippen molar-refractivity contribution in [2.24, 2.45) is 5.73 Å². The average molecular weight is 354 g/mol. The summed E-state index contributed by atoms with van der Waals surface area (Å²) in [5, 5.41) is 5.38. The van der Waals surface area contributed by atoms with Gasteiger partial charge in [-0.25, -0.2) is 0 Å². The summed E-state index contributed by atoms with van der Waals surface area (Å²) in [4.78, 5) is 23.5. The van der Waals surface area contributed by atoms with Gasteiger partial charge in [0, 0.05) is 24.3 Å². The van der Waals surface area contributed by atoms with E-state index in [0.29, 0.717) is 18.0 Å². The molecule has 2 rings (SSSR count). The second-order valence-corrected chi connectivity index (χ2v) is 4.95. The minimum Gasteiger partial charge on any atom is -0.484 e. The molecule has 0 aliphatic rings. The summed E-state index contributed by atoms with van der Waals surface area (Å²) >= 11 is 0. The van der Waals surface area contributed by atoms with Crippen LogP contribution in [-0.2, 0) is 4.79 Å². The highest BCUT2D eigenvalue weighted by molar-refractivity contribution is 6.02. The van der Waals surface area contributed by atoms with Crippen LogP contribution < -0.4 is 21.1 Å². The Morgan fingerprint density at radius 1 is 1.29 bits per heavy atom. The predicted molar refractivity (Wildman–Crippen MR) is 92.5 cm³/mol. The monoisotopic (exact) mass is 353 g/mol. The van der Waals surface area contributed by atoms with Gasteiger partial charge in [-0.1, -0.05) is 6.07 Å². The van der Waals surface area contributed by atoms with Gasteiger partial charge in [-0.15, -0.1) is 12.4 Å². The van der Waals surface area contributed by atoms with Gasteiger partial charge >= 0.3 is 0 Å². The molecule has 2 aromatic rings. The van der Waals surface area contributed by atoms with Crippen LogP contribution in [0.2, 0.25) is 0 Å². The Morgan fingerprint density at radius 3 is 2.75 bits per heavy atom. The molecule has 1 aromatic carbocycles. The number of amides is 2. The van der Waals surface area contributed by atoms with Crippen LogP contribution >= 0.6 is 12.4 Å². The molecule has 0 fully saturated rings. The number of rotatable bonds is 7. The molecule has 0 unspecified atom stereocenters. The van der Waals surface area contributed by atoms with E-state index >= 15 is 0 Å². The minimum absolute atomic E-state index is 0. The molecule has 24 heavy (non-hydrogen) atoms. The highest BCUT2D eigenvalue weighted by Crippen LogP contribution is 2.18. The largest absolute Gasteiger partial charge is 0.484 e. The van der Waals surface area contributed by atoms with Crippen LogP contribution in [-0.4, -0.2) is 31.0 Å². The number of hydrogen-bond donors (Lipinski definition) is 3. The van der Waals surface area contributed by atoms with E-state index in [1.54, 1.807) is 36.4 Å². The standard InChI is InChI=1S/C16H19N3O4.ClH/c1-11(9-17)18-15(20)10-23-13-5-2-4-12(8-13)19-16(21)14-6-3-7-22-14;/h2-8,11H,9-10,17H2,1H3,(H,18,20)(H,19,21);1H/t11-;/m0./s1. The number of hydrogen-bond acceptors (Lipinski definition) is 5. The molecule has 1 atom stereocenters. The van der Waals surface area contributed by atoms with Gasteiger partial charge in [-0.2, -0.15) is 0 Å². The third-order valence-corrected chi connectivity index (χ3v) is 2.97. The van der Waals surface area contributed by atoms with Crippen molar-refractivity contribution in [2.45, 2.75) is 13.0 Å². The molecule has 0 aliphatic carbocycles. The lowest BCUT2D eigenvalue weighted by atomic mass is 10.3. The average Bonchev–Trinajstić information content (AvgIpc) is 3.08. The van der Waals surface area contributed by atoms with Crippen LogP contribution in [0.25, 0.3) is 0 Å². The number of furan rings is 1. The molecule has 2 amide bonds. The minimum atomic E-state index is -0.360. The van der Waals surface area contributed by atoms with E-state index < -0.39 is 0 Å². The third-order valence-electron chi connectivity index (χ3n) is 2.97. The predicted octanol–water partition coefficient (Wildman–Crippen LogP) is 1.80. The highest BCUT2D eigenvalue weighted by atomic mass is 35.5. The molecule has 0 saturated heterocycles. The maximum absolute atomic E-state index is 11.9. The number of anilines is 1. The smallest absolute Gasteiger partial charge is 0.291 e. The molecule has 0 saturated carbocycles. The zero-order valence-electron chi connectivity index (χ0n) is 13.2. The summed E-state index contributed by atoms with van der Waals surface area (Å²) in [6, 6.07) is 9.85. The number of ether oxygens (including phenoxy) is 1. The van der Waals surface area contributed by atoms with E-state index in [1.807, 2.05) is 6.92 Å². The van der Waals surface area contributed by atoms with Crippen LogP contribution in [0.1, 0.15) is 17.5 Å². The zero-order chi connectivity index (χ0) is 16.7. The second-order valence-electron chi connectivity index (χ2n) is 4.95. The van der Waals surface area contributed by atoms with Crippen molar-refractivity contribution in [3.63, 3.8) is 0 Å². The molecule has 1 aromatic heterocycles. The molecule has 0 spiro atoms. The quantitative estimate of drug-likeness (QED) is 0.703. The Kier molecular flexibility index (Phi) is 7.81. The fourth-order valence-corrected chi connectivity index (χ4v) is 1.79. The summed E-state index contributed by atoms with van der Waals surface area (Å²) in [5.74, 6) is 0.0684. The second kappa shape index (κ2) is 9.59. The van der Waals surface area contributed by atoms with Gasteiger partial charge in [0.05, 0.1) is 6.26 Å². The molecular weight excluding hydrogens is 334 g/mol. The van der Waals surface area contributed by atoms with E-state index in [2.05, 4.69) is 10.6 Å². The van der Waals surface area contributed by atoms with Gasteiger partial charge in [-0.05, 0) is 31.2 Å². The van der Waals surface area contributed by atoms with Crippen molar-refractivity contribution in [2.75, 3.05) is 18.5 Å². The molecule has 0 bridgehead atoms. The maximum atomic E-state index is 11.9. The zero-order valence-corrected chi connectivity index (χ0v) is 14.0. The first kappa shape index (κ1) is 19.5. The molecule has 4 N–H and O–H groups in total. The van der Waals surface area contributed by atoms with E-state index in [1.165, 1.54) is 6.26 Å². The van der Waals surface area contributed by atoms with Crippen molar-refractivity contribution in [3.05, 3.63) is 48.4 Å². The molecular formula is C16H20ClN3O4. The van der Waals surface area contributed by atoms with Crippen LogP contribution in [0.5, 0.6) is 5.75 Å². The number of nitrogens with one attached hydrogen (secondary N) is 2. The summed E-state index contributed by atoms with van der Waals surface area (Å²) in [6.07, 6.45) is 1.43. The van der Waals surface area contributed by atoms with Crippen LogP contribution in [0.3, 0.4) is 0 Å². The molecule has 0 radical (unpaired) electrons. The topological polar surface area (TPSA) is 107 Å². The Morgan fingerprint density at radius 2 is 2.08 bits per heavy atom. The van der Waals surface area contributed by atoms with E-state index in [0.717, 1.165) is 0 Å². The van der Waals surface area contributed by atoms with Crippen molar-refractivity contribution >= 4 is 29.9 Å². The molecule has 0 aliphatic heterocycles. The number of carbonyl (C=O) groups excluding carboxylic acids is 2. The third kappa shape index (κ3) is 5.94. The number of benzene rings is 1. The SMILES string of the molecule is C[C@@H](CN)NC(=O)COc1cccc(NC(=O)c2ccco2)c1.Cl. The molecule has 1 heterocycles. The Labute approximate surface area is 146 Å². The van der Waals surface area contributed by atoms with Crippen molar-refractivity contribution in [1.82, 2.24) is 5.32 Å². The van der Waals surface area contributed by atoms with Crippen LogP contribution in [0.15, 0.2) is 47.1 Å². The van der Waals surface area contributed by atoms with Gasteiger partial charge in [0.2, 0.25) is 0 Å². The van der Waals surface area contributed by atoms with E-state index in [9.17, 15) is 9.59 Å². The van der Waals surface area contributed by atoms with Gasteiger partial charge in [0.1, 0.15) is 5.75 Å². The first-order valence-electron chi connectivity index (χ1n) is 7.15. The Hall–Kier alpha value is -2.51. The summed E-state index contributed by atoms with van der Waals surface area (Å²) in [6.45, 7) is 2.04. The van der Waals surface area contributed by atoms with E-state index in [-0.39, 0.29) is 42.6 Å². The Balaban J connectivity index is 0.00000288. The number of carbonyl (C=O) groups is 2. The Bertz CT molecular complexity index is 661. The number of nitrogens with two attached hydrogens (primary N) is 1. The van der Waals surface area contributed by atoms with Gasteiger partial charge in [0.15, 0.2) is 12.4 Å². The summed E-state index contributed by atoms with van der Waals surface area (Å²) < 4.78 is 10.4. The molecule has 8 heteroatoms. The van der Waals surface area contributed by atoms with Crippen LogP contribution in [0.4, 0.5) is 5.69 Å². The summed E-state index contributed by atoms with van der Waals surface area (Å²) in [5.41, 5.74) is 5.97. The maximum Gasteiger partial charge on any atom is 0.291 e. The molecule has 130 valence electrons. The van der Waals surface area contributed by atoms with E-state index in [4.69, 9.17) is 14.9 Å².